The summed E-state index contributed by atoms with van der Waals surface area (Å²) in [6.45, 7) is -0.662. The van der Waals surface area contributed by atoms with Crippen molar-refractivity contribution in [2.75, 3.05) is 11.9 Å². The lowest BCUT2D eigenvalue weighted by atomic mass is 10.1. The molecule has 0 aromatic carbocycles. The van der Waals surface area contributed by atoms with E-state index in [1.807, 2.05) is 0 Å². The summed E-state index contributed by atoms with van der Waals surface area (Å²) in [4.78, 5) is 51.0. The lowest BCUT2D eigenvalue weighted by Crippen LogP contribution is -2.44. The lowest BCUT2D eigenvalue weighted by Gasteiger charge is -2.23. The molecule has 200 valence electrons. The molecule has 5 rings (SSSR count). The van der Waals surface area contributed by atoms with Crippen LogP contribution in [0.1, 0.15) is 16.9 Å². The number of anilines is 1. The Balaban J connectivity index is 1.34. The Kier molecular flexibility index (Phi) is 7.10. The van der Waals surface area contributed by atoms with E-state index in [2.05, 4.69) is 46.4 Å². The number of hydrogen-bond acceptors (Lipinski definition) is 8. The highest BCUT2D eigenvalue weighted by atomic mass is 79.9. The molecule has 13 nitrogen and oxygen atoms in total. The molecule has 0 radical (unpaired) electrons. The van der Waals surface area contributed by atoms with Crippen LogP contribution in [0.4, 0.5) is 14.6 Å². The monoisotopic (exact) mass is 600 g/mol. The molecule has 2 atom stereocenters. The first-order valence-corrected chi connectivity index (χ1v) is 12.2. The third-order valence-electron chi connectivity index (χ3n) is 5.84. The second kappa shape index (κ2) is 10.6. The molecule has 1 saturated heterocycles. The molecular formula is C23H19BrF2N10O3. The van der Waals surface area contributed by atoms with Gasteiger partial charge in [-0.15, -0.1) is 0 Å². The molecule has 4 aromatic heterocycles. The molecule has 1 aliphatic rings. The molecule has 1 fully saturated rings. The van der Waals surface area contributed by atoms with Crippen molar-refractivity contribution in [2.24, 2.45) is 5.73 Å². The predicted molar refractivity (Wildman–Crippen MR) is 134 cm³/mol. The SMILES string of the molecule is NC(=O)c1nn(CC(=O)N2C[C@H](F)C[C@H]2C(=O)Nc2cccc(Br)n2)cc1-c1cnn(-c2ncc(F)cn2)c1. The van der Waals surface area contributed by atoms with Crippen molar-refractivity contribution in [1.82, 2.24) is 39.4 Å². The van der Waals surface area contributed by atoms with Gasteiger partial charge < -0.3 is 16.0 Å². The molecule has 0 unspecified atom stereocenters. The van der Waals surface area contributed by atoms with E-state index in [0.717, 1.165) is 17.3 Å². The smallest absolute Gasteiger partial charge is 0.269 e. The van der Waals surface area contributed by atoms with E-state index in [9.17, 15) is 23.2 Å². The molecule has 3 amide bonds. The van der Waals surface area contributed by atoms with Gasteiger partial charge in [0, 0.05) is 29.9 Å². The Bertz CT molecular complexity index is 1560. The molecule has 0 spiro atoms. The minimum absolute atomic E-state index is 0.0861. The highest BCUT2D eigenvalue weighted by molar-refractivity contribution is 9.10. The lowest BCUT2D eigenvalue weighted by molar-refractivity contribution is -0.137. The number of amides is 3. The van der Waals surface area contributed by atoms with Crippen LogP contribution in [-0.2, 0) is 16.1 Å². The summed E-state index contributed by atoms with van der Waals surface area (Å²) in [5, 5.41) is 10.8. The zero-order valence-corrected chi connectivity index (χ0v) is 21.5. The van der Waals surface area contributed by atoms with Crippen molar-refractivity contribution in [3.8, 4) is 17.1 Å². The van der Waals surface area contributed by atoms with E-state index in [-0.39, 0.29) is 42.5 Å². The van der Waals surface area contributed by atoms with Crippen molar-refractivity contribution in [3.63, 3.8) is 0 Å². The van der Waals surface area contributed by atoms with Crippen LogP contribution in [0, 0.1) is 5.82 Å². The van der Waals surface area contributed by atoms with Gasteiger partial charge >= 0.3 is 0 Å². The summed E-state index contributed by atoms with van der Waals surface area (Å²) >= 11 is 3.21. The van der Waals surface area contributed by atoms with Crippen LogP contribution in [0.3, 0.4) is 0 Å². The molecule has 39 heavy (non-hydrogen) atoms. The van der Waals surface area contributed by atoms with Crippen molar-refractivity contribution < 1.29 is 23.2 Å². The number of nitrogens with zero attached hydrogens (tertiary/aromatic N) is 8. The number of aromatic nitrogens is 7. The second-order valence-electron chi connectivity index (χ2n) is 8.56. The Labute approximate surface area is 227 Å². The molecule has 4 aromatic rings. The fourth-order valence-electron chi connectivity index (χ4n) is 4.12. The van der Waals surface area contributed by atoms with Gasteiger partial charge in [0.1, 0.15) is 29.2 Å². The van der Waals surface area contributed by atoms with Gasteiger partial charge in [-0.1, -0.05) is 6.07 Å². The number of nitrogens with two attached hydrogens (primary N) is 1. The Morgan fingerprint density at radius 3 is 2.64 bits per heavy atom. The van der Waals surface area contributed by atoms with Gasteiger partial charge in [-0.25, -0.2) is 28.4 Å². The highest BCUT2D eigenvalue weighted by Crippen LogP contribution is 2.25. The Hall–Kier alpha value is -4.60. The van der Waals surface area contributed by atoms with Crippen LogP contribution in [-0.4, -0.2) is 75.9 Å². The first kappa shape index (κ1) is 26.0. The van der Waals surface area contributed by atoms with Crippen molar-refractivity contribution in [3.05, 3.63) is 65.3 Å². The van der Waals surface area contributed by atoms with Crippen LogP contribution in [0.2, 0.25) is 0 Å². The topological polar surface area (TPSA) is 167 Å². The third kappa shape index (κ3) is 5.64. The summed E-state index contributed by atoms with van der Waals surface area (Å²) in [6.07, 6.45) is 4.67. The fourth-order valence-corrected chi connectivity index (χ4v) is 4.46. The summed E-state index contributed by atoms with van der Waals surface area (Å²) in [7, 11) is 0. The van der Waals surface area contributed by atoms with E-state index >= 15 is 0 Å². The van der Waals surface area contributed by atoms with Crippen LogP contribution < -0.4 is 11.1 Å². The van der Waals surface area contributed by atoms with Crippen molar-refractivity contribution in [2.45, 2.75) is 25.2 Å². The van der Waals surface area contributed by atoms with Gasteiger partial charge in [0.2, 0.25) is 11.8 Å². The number of alkyl halides is 1. The average molecular weight is 601 g/mol. The number of rotatable bonds is 7. The number of likely N-dealkylation sites (tertiary alicyclic amines) is 1. The van der Waals surface area contributed by atoms with E-state index in [0.29, 0.717) is 10.2 Å². The maximum atomic E-state index is 14.3. The number of pyridine rings is 1. The molecule has 16 heteroatoms. The summed E-state index contributed by atoms with van der Waals surface area (Å²) in [5.41, 5.74) is 6.03. The number of carbonyl (C=O) groups excluding carboxylic acids is 3. The summed E-state index contributed by atoms with van der Waals surface area (Å²) in [6, 6.07) is 3.86. The molecule has 5 heterocycles. The van der Waals surface area contributed by atoms with Crippen molar-refractivity contribution >= 4 is 39.5 Å². The van der Waals surface area contributed by atoms with Crippen LogP contribution >= 0.6 is 15.9 Å². The van der Waals surface area contributed by atoms with Gasteiger partial charge in [-0.05, 0) is 28.1 Å². The molecule has 0 bridgehead atoms. The summed E-state index contributed by atoms with van der Waals surface area (Å²) < 4.78 is 30.4. The fraction of sp³-hybridized carbons (Fsp3) is 0.217. The first-order chi connectivity index (χ1) is 18.7. The molecule has 1 aliphatic heterocycles. The van der Waals surface area contributed by atoms with Crippen LogP contribution in [0.5, 0.6) is 0 Å². The minimum Gasteiger partial charge on any atom is -0.364 e. The Morgan fingerprint density at radius 1 is 1.15 bits per heavy atom. The summed E-state index contributed by atoms with van der Waals surface area (Å²) in [5.74, 6) is -2.30. The maximum absolute atomic E-state index is 14.3. The van der Waals surface area contributed by atoms with Gasteiger partial charge in [0.15, 0.2) is 11.5 Å². The van der Waals surface area contributed by atoms with Gasteiger partial charge in [0.25, 0.3) is 11.9 Å². The standard InChI is InChI=1S/C23H19BrF2N10O3/c24-17-2-1-3-18(31-17)32-22(39)16-4-13(25)9-35(16)19(37)11-34-10-15(20(33-34)21(27)38)12-5-30-36(8-12)23-28-6-14(26)7-29-23/h1-3,5-8,10,13,16H,4,9,11H2,(H2,27,38)(H,31,32,39)/t13-,16+/m1/s1. The molecule has 0 saturated carbocycles. The maximum Gasteiger partial charge on any atom is 0.269 e. The molecule has 3 N–H and O–H groups in total. The second-order valence-corrected chi connectivity index (χ2v) is 9.37. The molecular weight excluding hydrogens is 582 g/mol. The molecule has 0 aliphatic carbocycles. The van der Waals surface area contributed by atoms with E-state index in [1.165, 1.54) is 28.0 Å². The van der Waals surface area contributed by atoms with Gasteiger partial charge in [0.05, 0.1) is 25.1 Å². The van der Waals surface area contributed by atoms with E-state index in [4.69, 9.17) is 5.73 Å². The highest BCUT2D eigenvalue weighted by Gasteiger charge is 2.40. The number of carbonyl (C=O) groups is 3. The van der Waals surface area contributed by atoms with E-state index in [1.54, 1.807) is 18.2 Å². The zero-order chi connectivity index (χ0) is 27.7. The third-order valence-corrected chi connectivity index (χ3v) is 6.28. The predicted octanol–water partition coefficient (Wildman–Crippen LogP) is 1.50. The largest absolute Gasteiger partial charge is 0.364 e. The number of nitrogens with one attached hydrogen (secondary N) is 1. The number of primary amides is 1. The van der Waals surface area contributed by atoms with Crippen LogP contribution in [0.25, 0.3) is 17.1 Å². The van der Waals surface area contributed by atoms with E-state index < -0.39 is 35.8 Å². The Morgan fingerprint density at radius 2 is 1.92 bits per heavy atom. The quantitative estimate of drug-likeness (QED) is 0.301. The first-order valence-electron chi connectivity index (χ1n) is 11.4. The minimum atomic E-state index is -1.39. The van der Waals surface area contributed by atoms with Gasteiger partial charge in [-0.3, -0.25) is 19.1 Å². The number of halogens is 3. The van der Waals surface area contributed by atoms with Gasteiger partial charge in [-0.2, -0.15) is 10.2 Å². The zero-order valence-electron chi connectivity index (χ0n) is 19.9. The van der Waals surface area contributed by atoms with Crippen molar-refractivity contribution in [1.29, 1.82) is 0 Å². The normalized spacial score (nSPS) is 16.8. The average Bonchev–Trinajstić information content (AvgIpc) is 3.63. The van der Waals surface area contributed by atoms with Crippen LogP contribution in [0.15, 0.2) is 53.8 Å². The number of hydrogen-bond donors (Lipinski definition) is 2.